The summed E-state index contributed by atoms with van der Waals surface area (Å²) in [5.41, 5.74) is 6.88. The van der Waals surface area contributed by atoms with Crippen molar-refractivity contribution < 1.29 is 9.53 Å². The Morgan fingerprint density at radius 1 is 1.27 bits per heavy atom. The maximum absolute atomic E-state index is 13.1. The molecule has 0 aliphatic heterocycles. The summed E-state index contributed by atoms with van der Waals surface area (Å²) in [6.45, 7) is 10.1. The van der Waals surface area contributed by atoms with Crippen molar-refractivity contribution in [3.8, 4) is 5.75 Å². The van der Waals surface area contributed by atoms with Gasteiger partial charge in [-0.15, -0.1) is 0 Å². The number of nitrogen functional groups attached to an aromatic ring is 1. The molecule has 0 aliphatic rings. The van der Waals surface area contributed by atoms with Gasteiger partial charge in [-0.3, -0.25) is 19.1 Å². The lowest BCUT2D eigenvalue weighted by atomic mass is 10.1. The number of ether oxygens (including phenoxy) is 1. The number of nitrogens with zero attached hydrogens (tertiary/aromatic N) is 2. The summed E-state index contributed by atoms with van der Waals surface area (Å²) < 4.78 is 7.06. The van der Waals surface area contributed by atoms with Crippen LogP contribution in [-0.2, 0) is 11.3 Å². The van der Waals surface area contributed by atoms with Crippen LogP contribution < -0.4 is 26.6 Å². The summed E-state index contributed by atoms with van der Waals surface area (Å²) in [5.74, 6) is 0.285. The number of aromatic amines is 1. The molecule has 0 saturated heterocycles. The molecule has 1 aromatic heterocycles. The van der Waals surface area contributed by atoms with Gasteiger partial charge in [0.15, 0.2) is 12.3 Å². The van der Waals surface area contributed by atoms with Crippen LogP contribution in [0.25, 0.3) is 0 Å². The van der Waals surface area contributed by atoms with E-state index in [1.165, 1.54) is 9.47 Å². The number of benzene rings is 1. The van der Waals surface area contributed by atoms with Crippen LogP contribution in [0.15, 0.2) is 27.8 Å². The molecule has 0 saturated carbocycles. The summed E-state index contributed by atoms with van der Waals surface area (Å²) in [4.78, 5) is 41.5. The SMILES string of the molecule is CCCCn1c(N)c(N(CC(C)C)C(=O)COc2cc(C)ccc2C)c(=O)[nH]c1=O. The highest BCUT2D eigenvalue weighted by Crippen LogP contribution is 2.21. The van der Waals surface area contributed by atoms with Crippen molar-refractivity contribution in [1.29, 1.82) is 0 Å². The first-order valence-electron chi connectivity index (χ1n) is 10.3. The van der Waals surface area contributed by atoms with E-state index in [0.717, 1.165) is 24.0 Å². The molecule has 2 rings (SSSR count). The molecule has 0 fully saturated rings. The number of hydrogen-bond donors (Lipinski definition) is 2. The molecule has 1 aromatic carbocycles. The highest BCUT2D eigenvalue weighted by molar-refractivity contribution is 5.96. The van der Waals surface area contributed by atoms with Crippen LogP contribution in [0, 0.1) is 19.8 Å². The molecule has 0 unspecified atom stereocenters. The van der Waals surface area contributed by atoms with Crippen LogP contribution >= 0.6 is 0 Å². The second kappa shape index (κ2) is 10.1. The van der Waals surface area contributed by atoms with Gasteiger partial charge in [-0.25, -0.2) is 4.79 Å². The number of anilines is 2. The third-order valence-electron chi connectivity index (χ3n) is 4.76. The van der Waals surface area contributed by atoms with E-state index in [4.69, 9.17) is 10.5 Å². The van der Waals surface area contributed by atoms with Gasteiger partial charge in [-0.1, -0.05) is 39.3 Å². The Bertz CT molecular complexity index is 1010. The van der Waals surface area contributed by atoms with Crippen LogP contribution in [0.1, 0.15) is 44.7 Å². The summed E-state index contributed by atoms with van der Waals surface area (Å²) in [6, 6.07) is 5.75. The van der Waals surface area contributed by atoms with E-state index in [-0.39, 0.29) is 30.6 Å². The lowest BCUT2D eigenvalue weighted by Gasteiger charge is -2.26. The van der Waals surface area contributed by atoms with Crippen LogP contribution in [0.3, 0.4) is 0 Å². The lowest BCUT2D eigenvalue weighted by molar-refractivity contribution is -0.120. The second-order valence-corrected chi connectivity index (χ2v) is 7.95. The van der Waals surface area contributed by atoms with Crippen molar-refractivity contribution in [2.45, 2.75) is 54.0 Å². The van der Waals surface area contributed by atoms with Gasteiger partial charge in [0, 0.05) is 13.1 Å². The van der Waals surface area contributed by atoms with Gasteiger partial charge in [0.2, 0.25) is 0 Å². The van der Waals surface area contributed by atoms with Gasteiger partial charge in [-0.2, -0.15) is 0 Å². The Kier molecular flexibility index (Phi) is 7.86. The van der Waals surface area contributed by atoms with Crippen LogP contribution in [0.2, 0.25) is 0 Å². The standard InChI is InChI=1S/C22H32N4O4/c1-6-7-10-25-20(23)19(21(28)24-22(25)29)26(12-14(2)3)18(27)13-30-17-11-15(4)8-9-16(17)5/h8-9,11,14H,6-7,10,12-13,23H2,1-5H3,(H,24,28,29). The van der Waals surface area contributed by atoms with Gasteiger partial charge >= 0.3 is 5.69 Å². The van der Waals surface area contributed by atoms with E-state index in [2.05, 4.69) is 4.98 Å². The number of carbonyl (C=O) groups excluding carboxylic acids is 1. The van der Waals surface area contributed by atoms with Gasteiger partial charge < -0.3 is 15.4 Å². The van der Waals surface area contributed by atoms with Crippen molar-refractivity contribution in [2.75, 3.05) is 23.8 Å². The van der Waals surface area contributed by atoms with Crippen molar-refractivity contribution in [2.24, 2.45) is 5.92 Å². The van der Waals surface area contributed by atoms with Gasteiger partial charge in [-0.05, 0) is 43.4 Å². The van der Waals surface area contributed by atoms with Crippen molar-refractivity contribution >= 4 is 17.4 Å². The number of nitrogens with two attached hydrogens (primary N) is 1. The van der Waals surface area contributed by atoms with Gasteiger partial charge in [0.05, 0.1) is 0 Å². The molecule has 30 heavy (non-hydrogen) atoms. The first-order valence-corrected chi connectivity index (χ1v) is 10.3. The molecular formula is C22H32N4O4. The number of unbranched alkanes of at least 4 members (excludes halogenated alkanes) is 1. The van der Waals surface area contributed by atoms with E-state index in [1.54, 1.807) is 0 Å². The molecule has 0 spiro atoms. The zero-order valence-corrected chi connectivity index (χ0v) is 18.4. The number of aromatic nitrogens is 2. The minimum absolute atomic E-state index is 0.00191. The highest BCUT2D eigenvalue weighted by Gasteiger charge is 2.25. The zero-order valence-electron chi connectivity index (χ0n) is 18.4. The van der Waals surface area contributed by atoms with Crippen molar-refractivity contribution in [3.63, 3.8) is 0 Å². The molecule has 0 atom stereocenters. The van der Waals surface area contributed by atoms with E-state index in [9.17, 15) is 14.4 Å². The number of carbonyl (C=O) groups is 1. The summed E-state index contributed by atoms with van der Waals surface area (Å²) in [5, 5.41) is 0. The number of rotatable bonds is 9. The quantitative estimate of drug-likeness (QED) is 0.653. The van der Waals surface area contributed by atoms with Gasteiger partial charge in [0.25, 0.3) is 11.5 Å². The largest absolute Gasteiger partial charge is 0.483 e. The monoisotopic (exact) mass is 416 g/mol. The van der Waals surface area contributed by atoms with E-state index in [0.29, 0.717) is 12.3 Å². The molecule has 8 nitrogen and oxygen atoms in total. The normalized spacial score (nSPS) is 11.0. The van der Waals surface area contributed by atoms with Crippen LogP contribution in [-0.4, -0.2) is 28.6 Å². The van der Waals surface area contributed by atoms with Crippen LogP contribution in [0.5, 0.6) is 5.75 Å². The molecule has 164 valence electrons. The Morgan fingerprint density at radius 2 is 1.97 bits per heavy atom. The zero-order chi connectivity index (χ0) is 22.4. The number of nitrogens with one attached hydrogen (secondary N) is 1. The molecule has 0 aliphatic carbocycles. The molecule has 3 N–H and O–H groups in total. The molecule has 8 heteroatoms. The molecule has 2 aromatic rings. The highest BCUT2D eigenvalue weighted by atomic mass is 16.5. The first-order chi connectivity index (χ1) is 14.1. The summed E-state index contributed by atoms with van der Waals surface area (Å²) in [6.07, 6.45) is 1.59. The van der Waals surface area contributed by atoms with E-state index < -0.39 is 17.2 Å². The fraction of sp³-hybridized carbons (Fsp3) is 0.500. The molecule has 1 amide bonds. The minimum atomic E-state index is -0.675. The smallest absolute Gasteiger partial charge is 0.330 e. The van der Waals surface area contributed by atoms with Crippen molar-refractivity contribution in [1.82, 2.24) is 9.55 Å². The average molecular weight is 417 g/mol. The van der Waals surface area contributed by atoms with Gasteiger partial charge in [0.1, 0.15) is 11.6 Å². The lowest BCUT2D eigenvalue weighted by Crippen LogP contribution is -2.44. The Hall–Kier alpha value is -3.03. The summed E-state index contributed by atoms with van der Waals surface area (Å²) in [7, 11) is 0. The minimum Gasteiger partial charge on any atom is -0.483 e. The van der Waals surface area contributed by atoms with Crippen molar-refractivity contribution in [3.05, 3.63) is 50.2 Å². The topological polar surface area (TPSA) is 110 Å². The predicted octanol–water partition coefficient (Wildman–Crippen LogP) is 2.60. The van der Waals surface area contributed by atoms with E-state index >= 15 is 0 Å². The Morgan fingerprint density at radius 3 is 2.60 bits per heavy atom. The Labute approximate surface area is 176 Å². The Balaban J connectivity index is 2.39. The first kappa shape index (κ1) is 23.3. The van der Waals surface area contributed by atoms with Crippen LogP contribution in [0.4, 0.5) is 11.5 Å². The maximum atomic E-state index is 13.1. The third kappa shape index (κ3) is 5.52. The molecular weight excluding hydrogens is 384 g/mol. The third-order valence-corrected chi connectivity index (χ3v) is 4.76. The second-order valence-electron chi connectivity index (χ2n) is 7.95. The number of hydrogen-bond acceptors (Lipinski definition) is 5. The summed E-state index contributed by atoms with van der Waals surface area (Å²) >= 11 is 0. The molecule has 0 radical (unpaired) electrons. The molecule has 1 heterocycles. The van der Waals surface area contributed by atoms with E-state index in [1.807, 2.05) is 52.8 Å². The molecule has 0 bridgehead atoms. The predicted molar refractivity (Wildman–Crippen MR) is 119 cm³/mol. The maximum Gasteiger partial charge on any atom is 0.330 e. The fourth-order valence-electron chi connectivity index (χ4n) is 3.14. The number of H-pyrrole nitrogens is 1. The fourth-order valence-corrected chi connectivity index (χ4v) is 3.14. The number of amides is 1. The average Bonchev–Trinajstić information content (AvgIpc) is 2.67. The number of aryl methyl sites for hydroxylation is 2.